The zero-order chi connectivity index (χ0) is 12.3. The Labute approximate surface area is 98.8 Å². The maximum Gasteiger partial charge on any atom is 0.337 e. The number of pyridine rings is 1. The van der Waals surface area contributed by atoms with Crippen LogP contribution in [0.2, 0.25) is 0 Å². The van der Waals surface area contributed by atoms with Gasteiger partial charge in [0.05, 0.1) is 24.1 Å². The number of hydrogen-bond acceptors (Lipinski definition) is 5. The molecule has 92 valence electrons. The van der Waals surface area contributed by atoms with Crippen LogP contribution < -0.4 is 11.1 Å². The highest BCUT2D eigenvalue weighted by molar-refractivity contribution is 5.94. The zero-order valence-electron chi connectivity index (χ0n) is 9.35. The van der Waals surface area contributed by atoms with Gasteiger partial charge < -0.3 is 20.9 Å². The Balaban J connectivity index is 2.00. The average molecular weight is 237 g/mol. The van der Waals surface area contributed by atoms with Crippen molar-refractivity contribution in [1.82, 2.24) is 4.98 Å². The number of aromatic nitrogens is 1. The van der Waals surface area contributed by atoms with E-state index in [9.17, 15) is 4.79 Å². The van der Waals surface area contributed by atoms with E-state index in [2.05, 4.69) is 10.3 Å². The first-order valence-electron chi connectivity index (χ1n) is 5.47. The van der Waals surface area contributed by atoms with E-state index < -0.39 is 5.97 Å². The van der Waals surface area contributed by atoms with Crippen LogP contribution in [-0.4, -0.2) is 35.8 Å². The molecule has 1 aromatic heterocycles. The van der Waals surface area contributed by atoms with Gasteiger partial charge in [0.25, 0.3) is 0 Å². The SMILES string of the molecule is Nc1cnc(NCC2CCOC2)cc1C(=O)O. The predicted octanol–water partition coefficient (Wildman–Crippen LogP) is 0.810. The molecule has 0 bridgehead atoms. The number of anilines is 2. The van der Waals surface area contributed by atoms with Gasteiger partial charge in [-0.05, 0) is 12.5 Å². The van der Waals surface area contributed by atoms with Gasteiger partial charge in [-0.15, -0.1) is 0 Å². The number of carboxylic acid groups (broad SMARTS) is 1. The lowest BCUT2D eigenvalue weighted by molar-refractivity contribution is 0.0698. The first kappa shape index (κ1) is 11.7. The monoisotopic (exact) mass is 237 g/mol. The number of nitrogens with zero attached hydrogens (tertiary/aromatic N) is 1. The van der Waals surface area contributed by atoms with E-state index in [1.807, 2.05) is 0 Å². The van der Waals surface area contributed by atoms with Crippen molar-refractivity contribution in [3.8, 4) is 0 Å². The molecule has 6 heteroatoms. The topological polar surface area (TPSA) is 97.5 Å². The molecule has 2 rings (SSSR count). The highest BCUT2D eigenvalue weighted by Gasteiger charge is 2.16. The summed E-state index contributed by atoms with van der Waals surface area (Å²) < 4.78 is 5.25. The van der Waals surface area contributed by atoms with Gasteiger partial charge >= 0.3 is 5.97 Å². The fourth-order valence-corrected chi connectivity index (χ4v) is 1.74. The van der Waals surface area contributed by atoms with Crippen LogP contribution in [0.15, 0.2) is 12.3 Å². The van der Waals surface area contributed by atoms with Crippen LogP contribution in [0, 0.1) is 5.92 Å². The number of nitrogens with two attached hydrogens (primary N) is 1. The molecule has 0 saturated carbocycles. The number of hydrogen-bond donors (Lipinski definition) is 3. The highest BCUT2D eigenvalue weighted by Crippen LogP contribution is 2.17. The van der Waals surface area contributed by atoms with Crippen molar-refractivity contribution in [2.75, 3.05) is 30.8 Å². The summed E-state index contributed by atoms with van der Waals surface area (Å²) in [6.45, 7) is 2.27. The minimum atomic E-state index is -1.04. The molecule has 1 atom stereocenters. The van der Waals surface area contributed by atoms with Gasteiger partial charge in [-0.2, -0.15) is 0 Å². The lowest BCUT2D eigenvalue weighted by Gasteiger charge is -2.10. The van der Waals surface area contributed by atoms with Crippen molar-refractivity contribution < 1.29 is 14.6 Å². The van der Waals surface area contributed by atoms with Crippen LogP contribution in [0.5, 0.6) is 0 Å². The molecular weight excluding hydrogens is 222 g/mol. The fraction of sp³-hybridized carbons (Fsp3) is 0.455. The molecule has 0 radical (unpaired) electrons. The van der Waals surface area contributed by atoms with Gasteiger partial charge in [0.15, 0.2) is 0 Å². The third-order valence-corrected chi connectivity index (χ3v) is 2.76. The van der Waals surface area contributed by atoms with E-state index in [4.69, 9.17) is 15.6 Å². The minimum absolute atomic E-state index is 0.0742. The summed E-state index contributed by atoms with van der Waals surface area (Å²) in [4.78, 5) is 14.9. The Hall–Kier alpha value is -1.82. The molecule has 1 aliphatic heterocycles. The number of carbonyl (C=O) groups is 1. The number of ether oxygens (including phenoxy) is 1. The lowest BCUT2D eigenvalue weighted by Crippen LogP contribution is -2.15. The smallest absolute Gasteiger partial charge is 0.337 e. The second-order valence-corrected chi connectivity index (χ2v) is 4.07. The Bertz CT molecular complexity index is 416. The predicted molar refractivity (Wildman–Crippen MR) is 63.0 cm³/mol. The summed E-state index contributed by atoms with van der Waals surface area (Å²) in [5.41, 5.74) is 5.77. The summed E-state index contributed by atoms with van der Waals surface area (Å²) in [6, 6.07) is 1.45. The van der Waals surface area contributed by atoms with Crippen molar-refractivity contribution in [3.05, 3.63) is 17.8 Å². The lowest BCUT2D eigenvalue weighted by atomic mass is 10.1. The molecule has 1 aromatic rings. The van der Waals surface area contributed by atoms with Crippen LogP contribution in [-0.2, 0) is 4.74 Å². The summed E-state index contributed by atoms with van der Waals surface area (Å²) in [5.74, 6) is -0.0525. The van der Waals surface area contributed by atoms with E-state index >= 15 is 0 Å². The van der Waals surface area contributed by atoms with E-state index in [0.29, 0.717) is 11.7 Å². The molecule has 0 aromatic carbocycles. The molecule has 1 fully saturated rings. The van der Waals surface area contributed by atoms with Crippen LogP contribution >= 0.6 is 0 Å². The third-order valence-electron chi connectivity index (χ3n) is 2.76. The molecule has 0 spiro atoms. The van der Waals surface area contributed by atoms with Crippen LogP contribution in [0.1, 0.15) is 16.8 Å². The average Bonchev–Trinajstić information content (AvgIpc) is 2.80. The van der Waals surface area contributed by atoms with Crippen molar-refractivity contribution in [3.63, 3.8) is 0 Å². The standard InChI is InChI=1S/C11H15N3O3/c12-9-5-14-10(3-8(9)11(15)16)13-4-7-1-2-17-6-7/h3,5,7H,1-2,4,6,12H2,(H,13,14)(H,15,16). The Morgan fingerprint density at radius 2 is 2.53 bits per heavy atom. The van der Waals surface area contributed by atoms with Crippen molar-refractivity contribution in [2.24, 2.45) is 5.92 Å². The first-order chi connectivity index (χ1) is 8.16. The quantitative estimate of drug-likeness (QED) is 0.717. The van der Waals surface area contributed by atoms with Crippen molar-refractivity contribution in [1.29, 1.82) is 0 Å². The fourth-order valence-electron chi connectivity index (χ4n) is 1.74. The van der Waals surface area contributed by atoms with Gasteiger partial charge in [-0.3, -0.25) is 0 Å². The maximum absolute atomic E-state index is 10.9. The largest absolute Gasteiger partial charge is 0.478 e. The number of aromatic carboxylic acids is 1. The summed E-state index contributed by atoms with van der Waals surface area (Å²) in [5, 5.41) is 12.0. The molecule has 0 amide bonds. The molecule has 1 unspecified atom stereocenters. The maximum atomic E-state index is 10.9. The van der Waals surface area contributed by atoms with Crippen molar-refractivity contribution in [2.45, 2.75) is 6.42 Å². The number of nitrogen functional groups attached to an aromatic ring is 1. The zero-order valence-corrected chi connectivity index (χ0v) is 9.35. The molecule has 2 heterocycles. The number of rotatable bonds is 4. The second kappa shape index (κ2) is 5.01. The van der Waals surface area contributed by atoms with E-state index in [-0.39, 0.29) is 11.3 Å². The molecule has 1 saturated heterocycles. The van der Waals surface area contributed by atoms with Gasteiger partial charge in [-0.25, -0.2) is 9.78 Å². The van der Waals surface area contributed by atoms with Gasteiger partial charge in [-0.1, -0.05) is 0 Å². The molecule has 1 aliphatic rings. The Morgan fingerprint density at radius 3 is 3.18 bits per heavy atom. The van der Waals surface area contributed by atoms with Gasteiger partial charge in [0.2, 0.25) is 0 Å². The number of carboxylic acids is 1. The van der Waals surface area contributed by atoms with E-state index in [1.165, 1.54) is 12.3 Å². The van der Waals surface area contributed by atoms with Crippen molar-refractivity contribution >= 4 is 17.5 Å². The van der Waals surface area contributed by atoms with Crippen LogP contribution in [0.25, 0.3) is 0 Å². The molecule has 6 nitrogen and oxygen atoms in total. The Kier molecular flexibility index (Phi) is 3.43. The second-order valence-electron chi connectivity index (χ2n) is 4.07. The normalized spacial score (nSPS) is 19.2. The number of nitrogens with one attached hydrogen (secondary N) is 1. The van der Waals surface area contributed by atoms with Gasteiger partial charge in [0, 0.05) is 19.1 Å². The first-order valence-corrected chi connectivity index (χ1v) is 5.47. The van der Waals surface area contributed by atoms with Crippen LogP contribution in [0.3, 0.4) is 0 Å². The molecule has 17 heavy (non-hydrogen) atoms. The summed E-state index contributed by atoms with van der Waals surface area (Å²) in [6.07, 6.45) is 2.38. The van der Waals surface area contributed by atoms with E-state index in [0.717, 1.165) is 26.2 Å². The highest BCUT2D eigenvalue weighted by atomic mass is 16.5. The van der Waals surface area contributed by atoms with Crippen LogP contribution in [0.4, 0.5) is 11.5 Å². The minimum Gasteiger partial charge on any atom is -0.478 e. The third kappa shape index (κ3) is 2.85. The summed E-state index contributed by atoms with van der Waals surface area (Å²) >= 11 is 0. The molecule has 0 aliphatic carbocycles. The Morgan fingerprint density at radius 1 is 1.71 bits per heavy atom. The molecule has 4 N–H and O–H groups in total. The molecular formula is C11H15N3O3. The van der Waals surface area contributed by atoms with Gasteiger partial charge in [0.1, 0.15) is 5.82 Å². The van der Waals surface area contributed by atoms with E-state index in [1.54, 1.807) is 0 Å². The summed E-state index contributed by atoms with van der Waals surface area (Å²) in [7, 11) is 0.